The molecule has 17 heteroatoms. The van der Waals surface area contributed by atoms with Gasteiger partial charge in [0.05, 0.1) is 0 Å². The number of benzene rings is 8. The molecule has 0 saturated heterocycles. The average Bonchev–Trinajstić information content (AvgIpc) is 0.839. The summed E-state index contributed by atoms with van der Waals surface area (Å²) in [5.41, 5.74) is 9.68. The van der Waals surface area contributed by atoms with Crippen molar-refractivity contribution in [2.45, 2.75) is 466 Å². The van der Waals surface area contributed by atoms with Crippen LogP contribution in [0.4, 0.5) is 0 Å². The smallest absolute Gasteiger partial charge is 0.765 e. The van der Waals surface area contributed by atoms with E-state index >= 15 is 0 Å². The van der Waals surface area contributed by atoms with Crippen LogP contribution in [0.15, 0.2) is 194 Å². The number of aryl methyl sites for hydroxylation is 8. The third-order valence-electron chi connectivity index (χ3n) is 26.2. The van der Waals surface area contributed by atoms with E-state index in [9.17, 15) is 37.8 Å². The molecule has 0 N–H and O–H groups in total. The van der Waals surface area contributed by atoms with E-state index in [1.165, 1.54) is 378 Å². The first kappa shape index (κ1) is 124. The van der Waals surface area contributed by atoms with Crippen LogP contribution in [0.25, 0.3) is 0 Å². The minimum Gasteiger partial charge on any atom is -0.765 e. The molecule has 0 aliphatic heterocycles. The number of hydrogen-bond donors (Lipinski definition) is 0. The van der Waals surface area contributed by atoms with Gasteiger partial charge in [0.25, 0.3) is 0 Å². The monoisotopic (exact) mass is 2040 g/mol. The molecular weight excluding hydrogens is 1850 g/mol. The molecule has 0 aromatic heterocycles. The Morgan fingerprint density at radius 1 is 0.153 bits per heavy atom. The van der Waals surface area contributed by atoms with Crippen molar-refractivity contribution in [1.82, 2.24) is 0 Å². The summed E-state index contributed by atoms with van der Waals surface area (Å²) in [4.78, 5) is 50.8. The molecule has 4 atom stereocenters. The van der Waals surface area contributed by atoms with Crippen LogP contribution in [0.1, 0.15) is 459 Å². The van der Waals surface area contributed by atoms with Gasteiger partial charge in [0.15, 0.2) is 0 Å². The third-order valence-corrected chi connectivity index (χ3v) is 31.7. The van der Waals surface area contributed by atoms with Crippen LogP contribution in [0.5, 0.6) is 23.0 Å². The zero-order chi connectivity index (χ0) is 97.9. The third kappa shape index (κ3) is 59.3. The fraction of sp³-hybridized carbons (Fsp3) is 0.600. The average molecular weight is 2040 g/mol. The van der Waals surface area contributed by atoms with Crippen LogP contribution >= 0.6 is 30.4 Å². The number of hydrogen-bond acceptors (Lipinski definition) is 12. The minimum atomic E-state index is -4.14. The Hall–Kier alpha value is -5.59. The molecule has 0 bridgehead atoms. The van der Waals surface area contributed by atoms with Gasteiger partial charge in [-0.05, 0) is 244 Å². The summed E-state index contributed by atoms with van der Waals surface area (Å²) in [7, 11) is -16.6. The molecule has 0 aliphatic carbocycles. The first-order valence-corrected chi connectivity index (χ1v) is 61.1. The van der Waals surface area contributed by atoms with Crippen LogP contribution in [0, 0.1) is 0 Å². The van der Waals surface area contributed by atoms with Crippen molar-refractivity contribution in [3.05, 3.63) is 239 Å². The van der Waals surface area contributed by atoms with E-state index in [2.05, 4.69) is 55.4 Å². The molecule has 0 amide bonds. The van der Waals surface area contributed by atoms with Crippen molar-refractivity contribution in [2.75, 3.05) is 0 Å². The maximum absolute atomic E-state index is 12.7. The predicted molar refractivity (Wildman–Crippen MR) is 577 cm³/mol. The zero-order valence-corrected chi connectivity index (χ0v) is 92.4. The van der Waals surface area contributed by atoms with Gasteiger partial charge in [0, 0.05) is 21.2 Å². The van der Waals surface area contributed by atoms with Crippen LogP contribution in [0.3, 0.4) is 0 Å². The van der Waals surface area contributed by atoms with Crippen LogP contribution in [0.2, 0.25) is 0 Å². The van der Waals surface area contributed by atoms with Crippen molar-refractivity contribution >= 4 is 51.6 Å². The summed E-state index contributed by atoms with van der Waals surface area (Å²) in [5.74, 6) is 1.53. The Bertz CT molecular complexity index is 3830. The molecule has 137 heavy (non-hydrogen) atoms. The molecule has 8 aromatic carbocycles. The summed E-state index contributed by atoms with van der Waals surface area (Å²) in [6, 6.07) is 58.9. The van der Waals surface area contributed by atoms with E-state index in [-0.39, 0.29) is 42.3 Å². The zero-order valence-electron chi connectivity index (χ0n) is 86.8. The van der Waals surface area contributed by atoms with Gasteiger partial charge in [-0.2, -0.15) is 0 Å². The van der Waals surface area contributed by atoms with Crippen LogP contribution in [-0.4, -0.2) is 0 Å². The van der Waals surface area contributed by atoms with Gasteiger partial charge in [-0.1, -0.05) is 461 Å². The Morgan fingerprint density at radius 2 is 0.248 bits per heavy atom. The normalized spacial score (nSPS) is 12.9. The van der Waals surface area contributed by atoms with Gasteiger partial charge in [-0.3, -0.25) is 18.3 Å². The summed E-state index contributed by atoms with van der Waals surface area (Å²) in [5, 5.41) is 0.955. The fourth-order valence-corrected chi connectivity index (χ4v) is 21.4. The number of rotatable bonds is 76. The molecule has 0 aliphatic rings. The fourth-order valence-electron chi connectivity index (χ4n) is 17.3. The summed E-state index contributed by atoms with van der Waals surface area (Å²) in [6.07, 6.45) is 80.2. The van der Waals surface area contributed by atoms with Crippen LogP contribution in [-0.2, 0) is 90.7 Å². The Labute approximate surface area is 850 Å². The van der Waals surface area contributed by atoms with Gasteiger partial charge in [0.2, 0.25) is 30.4 Å². The molecule has 8 rings (SSSR count). The second kappa shape index (κ2) is 78.9. The maximum atomic E-state index is 12.7. The molecule has 0 spiro atoms. The van der Waals surface area contributed by atoms with Gasteiger partial charge in [-0.25, -0.2) is 0 Å². The van der Waals surface area contributed by atoms with Crippen molar-refractivity contribution in [3.63, 3.8) is 0 Å². The van der Waals surface area contributed by atoms with E-state index in [0.29, 0.717) is 23.0 Å². The Kier molecular flexibility index (Phi) is 71.2. The summed E-state index contributed by atoms with van der Waals surface area (Å²) in [6.45, 7) is 17.9. The van der Waals surface area contributed by atoms with Gasteiger partial charge in [0.1, 0.15) is 23.0 Å². The van der Waals surface area contributed by atoms with Gasteiger partial charge in [-0.15, -0.1) is 0 Å². The SMILES string of the molecule is CCCCCCCCCc1ccc(OP(=O)([O-])c2ccc(CCCCCCCCC)cc2)cc1.CCCCCCCCCc1ccc(OP(=O)([O-])c2ccc(CCCCCCCCC)cc2)cc1.CCCCCCCCCc1ccc(OP(=O)([O-])c2ccc(CCCCCCCCC)cc2)cc1.CCCCCCCCCc1ccc(OP(=O)([O-])c2ccc(CCCCCCCCC)cc2)cc1.[Mo+4]. The molecule has 0 saturated carbocycles. The maximum Gasteiger partial charge on any atom is 4.00 e. The van der Waals surface area contributed by atoms with Gasteiger partial charge >= 0.3 is 21.1 Å². The summed E-state index contributed by atoms with van der Waals surface area (Å²) < 4.78 is 72.5. The Morgan fingerprint density at radius 3 is 0.358 bits per heavy atom. The van der Waals surface area contributed by atoms with E-state index in [4.69, 9.17) is 18.1 Å². The van der Waals surface area contributed by atoms with E-state index in [1.807, 2.05) is 97.1 Å². The molecule has 8 aromatic rings. The first-order chi connectivity index (χ1) is 66.2. The molecule has 0 radical (unpaired) electrons. The second-order valence-electron chi connectivity index (χ2n) is 38.6. The van der Waals surface area contributed by atoms with E-state index < -0.39 is 30.4 Å². The largest absolute Gasteiger partial charge is 4.00 e. The quantitative estimate of drug-likeness (QED) is 0.0199. The van der Waals surface area contributed by atoms with E-state index in [0.717, 1.165) is 77.0 Å². The second-order valence-corrected chi connectivity index (χ2v) is 45.3. The standard InChI is InChI=1S/4C30H47O3P.Mo/c4*1-3-5-7-9-11-13-15-17-27-19-23-29(24-20-27)33-34(31,32)30-25-21-28(22-26-30)18-16-14-12-10-8-6-4-2;/h4*19-26H,3-18H2,1-2H3,(H,31,32);/q;;;;+4/p-4. The van der Waals surface area contributed by atoms with Crippen LogP contribution < -0.4 is 58.9 Å². The topological polar surface area (TPSA) is 197 Å². The molecule has 0 heterocycles. The first-order valence-electron chi connectivity index (χ1n) is 55.0. The molecule has 12 nitrogen and oxygen atoms in total. The summed E-state index contributed by atoms with van der Waals surface area (Å²) >= 11 is 0. The Balaban J connectivity index is 0.000000381. The predicted octanol–water partition coefficient (Wildman–Crippen LogP) is 34.1. The minimum absolute atomic E-state index is 0. The molecule has 762 valence electrons. The van der Waals surface area contributed by atoms with Crippen molar-refractivity contribution < 1.29 is 77.0 Å². The molecular formula is C120H184MoO12P4. The molecule has 0 fully saturated rings. The number of unbranched alkanes of at least 4 members (excludes halogenated alkanes) is 48. The van der Waals surface area contributed by atoms with Crippen molar-refractivity contribution in [3.8, 4) is 23.0 Å². The van der Waals surface area contributed by atoms with Crippen molar-refractivity contribution in [2.24, 2.45) is 0 Å². The molecule has 4 unspecified atom stereocenters. The van der Waals surface area contributed by atoms with Gasteiger partial charge < -0.3 is 37.7 Å². The van der Waals surface area contributed by atoms with E-state index in [1.54, 1.807) is 97.1 Å². The van der Waals surface area contributed by atoms with Crippen molar-refractivity contribution in [1.29, 1.82) is 0 Å².